The van der Waals surface area contributed by atoms with Gasteiger partial charge in [0.15, 0.2) is 0 Å². The first kappa shape index (κ1) is 11.9. The van der Waals surface area contributed by atoms with Crippen molar-refractivity contribution in [3.8, 4) is 0 Å². The van der Waals surface area contributed by atoms with Gasteiger partial charge < -0.3 is 16.0 Å². The van der Waals surface area contributed by atoms with Gasteiger partial charge in [-0.25, -0.2) is 0 Å². The molecule has 1 heterocycles. The third kappa shape index (κ3) is 2.77. The number of fused-ring (bicyclic) bond motifs is 1. The molecule has 4 heteroatoms. The Morgan fingerprint density at radius 1 is 1.41 bits per heavy atom. The highest BCUT2D eigenvalue weighted by molar-refractivity contribution is 5.94. The lowest BCUT2D eigenvalue weighted by Gasteiger charge is -2.23. The number of nitrogens with zero attached hydrogens (tertiary/aromatic N) is 1. The Bertz CT molecular complexity index is 417. The number of nitrogens with one attached hydrogen (secondary N) is 1. The second kappa shape index (κ2) is 5.19. The minimum atomic E-state index is 0.113. The highest BCUT2D eigenvalue weighted by Gasteiger charge is 2.15. The number of hydrogen-bond acceptors (Lipinski definition) is 3. The number of hydrogen-bond donors (Lipinski definition) is 2. The van der Waals surface area contributed by atoms with Gasteiger partial charge in [0, 0.05) is 31.4 Å². The van der Waals surface area contributed by atoms with Crippen LogP contribution >= 0.6 is 0 Å². The molecule has 0 bridgehead atoms. The summed E-state index contributed by atoms with van der Waals surface area (Å²) >= 11 is 0. The standard InChI is InChI=1S/C13H19N3O/c1-16(8-2-7-14)11-4-5-12-10(9-11)3-6-13(17)15-12/h4-5,9H,2-3,6-8,14H2,1H3,(H,15,17). The zero-order valence-electron chi connectivity index (χ0n) is 10.2. The second-order valence-electron chi connectivity index (χ2n) is 4.45. The van der Waals surface area contributed by atoms with Crippen molar-refractivity contribution in [2.75, 3.05) is 30.4 Å². The van der Waals surface area contributed by atoms with Gasteiger partial charge >= 0.3 is 0 Å². The Morgan fingerprint density at radius 3 is 3.00 bits per heavy atom. The predicted molar refractivity (Wildman–Crippen MR) is 70.3 cm³/mol. The van der Waals surface area contributed by atoms with E-state index in [1.165, 1.54) is 11.3 Å². The first-order chi connectivity index (χ1) is 8.20. The van der Waals surface area contributed by atoms with Crippen molar-refractivity contribution in [1.82, 2.24) is 0 Å². The van der Waals surface area contributed by atoms with Crippen LogP contribution in [0.4, 0.5) is 11.4 Å². The van der Waals surface area contributed by atoms with Crippen LogP contribution in [0, 0.1) is 0 Å². The van der Waals surface area contributed by atoms with Gasteiger partial charge in [-0.05, 0) is 43.1 Å². The molecule has 4 nitrogen and oxygen atoms in total. The zero-order valence-corrected chi connectivity index (χ0v) is 10.2. The third-order valence-corrected chi connectivity index (χ3v) is 3.12. The van der Waals surface area contributed by atoms with Crippen molar-refractivity contribution >= 4 is 17.3 Å². The molecular formula is C13H19N3O. The number of aryl methyl sites for hydroxylation is 1. The molecule has 0 atom stereocenters. The van der Waals surface area contributed by atoms with Gasteiger partial charge in [0.2, 0.25) is 5.91 Å². The SMILES string of the molecule is CN(CCCN)c1ccc2c(c1)CCC(=O)N2. The maximum Gasteiger partial charge on any atom is 0.224 e. The molecule has 92 valence electrons. The van der Waals surface area contributed by atoms with Crippen molar-refractivity contribution in [3.05, 3.63) is 23.8 Å². The van der Waals surface area contributed by atoms with E-state index in [1.54, 1.807) is 0 Å². The molecule has 0 aromatic heterocycles. The van der Waals surface area contributed by atoms with E-state index in [-0.39, 0.29) is 5.91 Å². The molecule has 0 saturated carbocycles. The maximum absolute atomic E-state index is 11.3. The summed E-state index contributed by atoms with van der Waals surface area (Å²) in [5, 5.41) is 2.89. The minimum Gasteiger partial charge on any atom is -0.375 e. The lowest BCUT2D eigenvalue weighted by molar-refractivity contribution is -0.116. The van der Waals surface area contributed by atoms with Crippen LogP contribution in [0.3, 0.4) is 0 Å². The molecule has 17 heavy (non-hydrogen) atoms. The predicted octanol–water partition coefficient (Wildman–Crippen LogP) is 1.36. The van der Waals surface area contributed by atoms with Gasteiger partial charge in [-0.15, -0.1) is 0 Å². The van der Waals surface area contributed by atoms with Gasteiger partial charge in [-0.1, -0.05) is 0 Å². The Morgan fingerprint density at radius 2 is 2.24 bits per heavy atom. The van der Waals surface area contributed by atoms with Crippen LogP contribution in [-0.4, -0.2) is 26.0 Å². The van der Waals surface area contributed by atoms with Gasteiger partial charge in [0.05, 0.1) is 0 Å². The highest BCUT2D eigenvalue weighted by Crippen LogP contribution is 2.27. The molecule has 1 aromatic rings. The Balaban J connectivity index is 2.13. The molecule has 1 aromatic carbocycles. The van der Waals surface area contributed by atoms with Crippen LogP contribution in [-0.2, 0) is 11.2 Å². The van der Waals surface area contributed by atoms with Gasteiger partial charge in [0.25, 0.3) is 0 Å². The first-order valence-electron chi connectivity index (χ1n) is 6.04. The molecule has 0 radical (unpaired) electrons. The van der Waals surface area contributed by atoms with Crippen molar-refractivity contribution in [2.45, 2.75) is 19.3 Å². The van der Waals surface area contributed by atoms with E-state index in [1.807, 2.05) is 12.1 Å². The average molecular weight is 233 g/mol. The van der Waals surface area contributed by atoms with Gasteiger partial charge in [-0.2, -0.15) is 0 Å². The summed E-state index contributed by atoms with van der Waals surface area (Å²) in [5.74, 6) is 0.113. The summed E-state index contributed by atoms with van der Waals surface area (Å²) in [7, 11) is 2.07. The van der Waals surface area contributed by atoms with E-state index in [2.05, 4.69) is 23.3 Å². The topological polar surface area (TPSA) is 58.4 Å². The van der Waals surface area contributed by atoms with E-state index in [0.717, 1.165) is 25.1 Å². The maximum atomic E-state index is 11.3. The molecule has 0 aliphatic carbocycles. The smallest absolute Gasteiger partial charge is 0.224 e. The summed E-state index contributed by atoms with van der Waals surface area (Å²) in [6, 6.07) is 6.19. The number of benzene rings is 1. The Hall–Kier alpha value is -1.55. The lowest BCUT2D eigenvalue weighted by Crippen LogP contribution is -2.22. The molecule has 0 saturated heterocycles. The number of carbonyl (C=O) groups excluding carboxylic acids is 1. The molecule has 1 aliphatic heterocycles. The Kier molecular flexibility index (Phi) is 3.64. The summed E-state index contributed by atoms with van der Waals surface area (Å²) in [6.45, 7) is 1.67. The summed E-state index contributed by atoms with van der Waals surface area (Å²) in [6.07, 6.45) is 2.41. The number of carbonyl (C=O) groups is 1. The molecular weight excluding hydrogens is 214 g/mol. The number of rotatable bonds is 4. The molecule has 0 unspecified atom stereocenters. The second-order valence-corrected chi connectivity index (χ2v) is 4.45. The van der Waals surface area contributed by atoms with Crippen LogP contribution in [0.25, 0.3) is 0 Å². The summed E-state index contributed by atoms with van der Waals surface area (Å²) < 4.78 is 0. The van der Waals surface area contributed by atoms with Crippen LogP contribution in [0.5, 0.6) is 0 Å². The van der Waals surface area contributed by atoms with Crippen LogP contribution in [0.15, 0.2) is 18.2 Å². The molecule has 0 fully saturated rings. The first-order valence-corrected chi connectivity index (χ1v) is 6.04. The largest absolute Gasteiger partial charge is 0.375 e. The monoisotopic (exact) mass is 233 g/mol. The van der Waals surface area contributed by atoms with Crippen molar-refractivity contribution in [2.24, 2.45) is 5.73 Å². The summed E-state index contributed by atoms with van der Waals surface area (Å²) in [5.41, 5.74) is 8.87. The molecule has 0 spiro atoms. The van der Waals surface area contributed by atoms with E-state index in [0.29, 0.717) is 13.0 Å². The fourth-order valence-corrected chi connectivity index (χ4v) is 2.06. The van der Waals surface area contributed by atoms with Gasteiger partial charge in [-0.3, -0.25) is 4.79 Å². The molecule has 3 N–H and O–H groups in total. The van der Waals surface area contributed by atoms with E-state index in [9.17, 15) is 4.79 Å². The van der Waals surface area contributed by atoms with E-state index >= 15 is 0 Å². The average Bonchev–Trinajstić information content (AvgIpc) is 2.35. The molecule has 1 aliphatic rings. The van der Waals surface area contributed by atoms with Crippen molar-refractivity contribution in [3.63, 3.8) is 0 Å². The van der Waals surface area contributed by atoms with Crippen molar-refractivity contribution < 1.29 is 4.79 Å². The van der Waals surface area contributed by atoms with Crippen LogP contribution < -0.4 is 16.0 Å². The van der Waals surface area contributed by atoms with Crippen LogP contribution in [0.2, 0.25) is 0 Å². The van der Waals surface area contributed by atoms with E-state index < -0.39 is 0 Å². The fraction of sp³-hybridized carbons (Fsp3) is 0.462. The molecule has 2 rings (SSSR count). The van der Waals surface area contributed by atoms with Crippen LogP contribution in [0.1, 0.15) is 18.4 Å². The Labute approximate surface area is 102 Å². The van der Waals surface area contributed by atoms with Crippen molar-refractivity contribution in [1.29, 1.82) is 0 Å². The highest BCUT2D eigenvalue weighted by atomic mass is 16.1. The quantitative estimate of drug-likeness (QED) is 0.825. The lowest BCUT2D eigenvalue weighted by atomic mass is 10.0. The number of anilines is 2. The third-order valence-electron chi connectivity index (χ3n) is 3.12. The fourth-order valence-electron chi connectivity index (χ4n) is 2.06. The van der Waals surface area contributed by atoms with E-state index in [4.69, 9.17) is 5.73 Å². The zero-order chi connectivity index (χ0) is 12.3. The van der Waals surface area contributed by atoms with Gasteiger partial charge in [0.1, 0.15) is 0 Å². The minimum absolute atomic E-state index is 0.113. The normalized spacial score (nSPS) is 14.1. The molecule has 1 amide bonds. The summed E-state index contributed by atoms with van der Waals surface area (Å²) in [4.78, 5) is 13.4. The number of nitrogens with two attached hydrogens (primary N) is 1. The number of amides is 1.